The molecule has 8 nitrogen and oxygen atoms in total. The quantitative estimate of drug-likeness (QED) is 0.508. The van der Waals surface area contributed by atoms with E-state index in [4.69, 9.17) is 24.7 Å². The largest absolute Gasteiger partial charge is 0.497 e. The third-order valence-corrected chi connectivity index (χ3v) is 6.93. The fraction of sp³-hybridized carbons (Fsp3) is 0.524. The maximum Gasteiger partial charge on any atom is 0.355 e. The van der Waals surface area contributed by atoms with Gasteiger partial charge in [0.2, 0.25) is 5.91 Å². The van der Waals surface area contributed by atoms with Crippen LogP contribution in [0, 0.1) is 0 Å². The lowest BCUT2D eigenvalue weighted by Gasteiger charge is -2.48. The van der Waals surface area contributed by atoms with Crippen molar-refractivity contribution in [3.63, 3.8) is 0 Å². The fourth-order valence-electron chi connectivity index (χ4n) is 3.98. The zero-order chi connectivity index (χ0) is 21.3. The molecule has 0 aromatic heterocycles. The minimum Gasteiger partial charge on any atom is -0.497 e. The third-order valence-electron chi connectivity index (χ3n) is 5.61. The van der Waals surface area contributed by atoms with Crippen molar-refractivity contribution < 1.29 is 28.5 Å². The zero-order valence-corrected chi connectivity index (χ0v) is 17.9. The van der Waals surface area contributed by atoms with Gasteiger partial charge in [-0.1, -0.05) is 12.1 Å². The van der Waals surface area contributed by atoms with Crippen LogP contribution in [0.5, 0.6) is 5.75 Å². The van der Waals surface area contributed by atoms with Crippen molar-refractivity contribution in [3.8, 4) is 5.75 Å². The summed E-state index contributed by atoms with van der Waals surface area (Å²) in [6.45, 7) is 0.605. The molecule has 0 bridgehead atoms. The predicted molar refractivity (Wildman–Crippen MR) is 111 cm³/mol. The van der Waals surface area contributed by atoms with Crippen LogP contribution in [-0.2, 0) is 30.4 Å². The van der Waals surface area contributed by atoms with Crippen molar-refractivity contribution in [1.29, 1.82) is 0 Å². The molecule has 2 unspecified atom stereocenters. The van der Waals surface area contributed by atoms with Crippen LogP contribution in [0.3, 0.4) is 0 Å². The van der Waals surface area contributed by atoms with Gasteiger partial charge in [0.05, 0.1) is 25.9 Å². The summed E-state index contributed by atoms with van der Waals surface area (Å²) in [6, 6.07) is 6.69. The van der Waals surface area contributed by atoms with Crippen LogP contribution < -0.4 is 10.5 Å². The Balaban J connectivity index is 1.53. The normalized spacial score (nSPS) is 28.2. The first-order valence-electron chi connectivity index (χ1n) is 9.91. The smallest absolute Gasteiger partial charge is 0.355 e. The topological polar surface area (TPSA) is 100 Å². The first-order valence-corrected chi connectivity index (χ1v) is 11.0. The van der Waals surface area contributed by atoms with Crippen molar-refractivity contribution >= 4 is 23.6 Å². The van der Waals surface area contributed by atoms with Crippen molar-refractivity contribution in [1.82, 2.24) is 4.90 Å². The van der Waals surface area contributed by atoms with Crippen molar-refractivity contribution in [2.75, 3.05) is 26.6 Å². The Labute approximate surface area is 179 Å². The molecule has 0 aliphatic carbocycles. The number of carbonyl (C=O) groups excluding carboxylic acids is 2. The van der Waals surface area contributed by atoms with Crippen LogP contribution in [0.25, 0.3) is 0 Å². The minimum atomic E-state index is -0.591. The molecule has 4 rings (SSSR count). The standard InChI is InChI=1S/C21H26N2O6S/c1-26-10-14-7-8-16(29-14)15-11-30-20-17(22)19(24)23(20)18(15)21(25)28-9-12-3-5-13(27-2)6-4-12/h3-6,14,16-17,20H,7-11,22H2,1-2H3/t14?,16?,17-,20-/m1/s1. The summed E-state index contributed by atoms with van der Waals surface area (Å²) in [6.07, 6.45) is 1.38. The van der Waals surface area contributed by atoms with Gasteiger partial charge in [0.25, 0.3) is 0 Å². The van der Waals surface area contributed by atoms with Crippen LogP contribution in [0.1, 0.15) is 18.4 Å². The molecule has 3 heterocycles. The van der Waals surface area contributed by atoms with Gasteiger partial charge in [-0.25, -0.2) is 4.79 Å². The van der Waals surface area contributed by atoms with Gasteiger partial charge >= 0.3 is 5.97 Å². The number of rotatable bonds is 7. The Morgan fingerprint density at radius 1 is 1.27 bits per heavy atom. The van der Waals surface area contributed by atoms with Gasteiger partial charge in [0, 0.05) is 12.9 Å². The number of hydrogen-bond donors (Lipinski definition) is 1. The Hall–Kier alpha value is -2.07. The summed E-state index contributed by atoms with van der Waals surface area (Å²) >= 11 is 1.56. The molecule has 2 N–H and O–H groups in total. The van der Waals surface area contributed by atoms with Crippen LogP contribution in [-0.4, -0.2) is 67.0 Å². The summed E-state index contributed by atoms with van der Waals surface area (Å²) in [5.41, 5.74) is 7.87. The number of nitrogens with zero attached hydrogens (tertiary/aromatic N) is 1. The van der Waals surface area contributed by atoms with E-state index in [1.165, 1.54) is 4.90 Å². The highest BCUT2D eigenvalue weighted by Crippen LogP contribution is 2.43. The molecule has 3 aliphatic heterocycles. The lowest BCUT2D eigenvalue weighted by Crippen LogP contribution is -2.68. The van der Waals surface area contributed by atoms with E-state index >= 15 is 0 Å². The molecular weight excluding hydrogens is 408 g/mol. The molecule has 162 valence electrons. The SMILES string of the molecule is COCC1CCC(C2=C(C(=O)OCc3ccc(OC)cc3)N3C(=O)[C@@H](N)[C@H]3SC2)O1. The summed E-state index contributed by atoms with van der Waals surface area (Å²) in [7, 11) is 3.23. The lowest BCUT2D eigenvalue weighted by atomic mass is 9.99. The Kier molecular flexibility index (Phi) is 6.33. The van der Waals surface area contributed by atoms with Crippen LogP contribution in [0.4, 0.5) is 0 Å². The molecule has 0 spiro atoms. The average molecular weight is 435 g/mol. The first kappa shape index (κ1) is 21.2. The van der Waals surface area contributed by atoms with Gasteiger partial charge in [-0.15, -0.1) is 11.8 Å². The number of carbonyl (C=O) groups is 2. The first-order chi connectivity index (χ1) is 14.5. The second-order valence-electron chi connectivity index (χ2n) is 7.51. The number of amides is 1. The number of thioether (sulfide) groups is 1. The van der Waals surface area contributed by atoms with Gasteiger partial charge in [-0.2, -0.15) is 0 Å². The van der Waals surface area contributed by atoms with E-state index in [0.29, 0.717) is 18.1 Å². The summed E-state index contributed by atoms with van der Waals surface area (Å²) in [4.78, 5) is 27.0. The van der Waals surface area contributed by atoms with Gasteiger partial charge in [0.15, 0.2) is 0 Å². The third kappa shape index (κ3) is 3.94. The van der Waals surface area contributed by atoms with E-state index < -0.39 is 12.0 Å². The second kappa shape index (κ2) is 8.97. The molecule has 1 amide bonds. The van der Waals surface area contributed by atoms with E-state index in [1.807, 2.05) is 12.1 Å². The van der Waals surface area contributed by atoms with Crippen molar-refractivity contribution in [3.05, 3.63) is 41.1 Å². The van der Waals surface area contributed by atoms with Gasteiger partial charge in [-0.05, 0) is 36.1 Å². The number of ether oxygens (including phenoxy) is 4. The Morgan fingerprint density at radius 3 is 2.73 bits per heavy atom. The maximum atomic E-state index is 13.1. The molecule has 0 radical (unpaired) electrons. The number of esters is 1. The van der Waals surface area contributed by atoms with Crippen molar-refractivity contribution in [2.24, 2.45) is 5.73 Å². The molecule has 0 saturated carbocycles. The molecule has 30 heavy (non-hydrogen) atoms. The number of methoxy groups -OCH3 is 2. The van der Waals surface area contributed by atoms with Crippen LogP contribution >= 0.6 is 11.8 Å². The number of fused-ring (bicyclic) bond motifs is 1. The molecular formula is C21H26N2O6S. The van der Waals surface area contributed by atoms with E-state index in [2.05, 4.69) is 0 Å². The molecule has 1 aromatic carbocycles. The predicted octanol–water partition coefficient (Wildman–Crippen LogP) is 1.43. The Morgan fingerprint density at radius 2 is 2.03 bits per heavy atom. The summed E-state index contributed by atoms with van der Waals surface area (Å²) in [5, 5.41) is -0.235. The molecule has 4 atom stereocenters. The molecule has 1 aromatic rings. The van der Waals surface area contributed by atoms with Crippen LogP contribution in [0.2, 0.25) is 0 Å². The summed E-state index contributed by atoms with van der Waals surface area (Å²) in [5.74, 6) is 0.531. The summed E-state index contributed by atoms with van der Waals surface area (Å²) < 4.78 is 22.0. The van der Waals surface area contributed by atoms with E-state index in [9.17, 15) is 9.59 Å². The highest BCUT2D eigenvalue weighted by atomic mass is 32.2. The molecule has 9 heteroatoms. The molecule has 2 saturated heterocycles. The monoisotopic (exact) mass is 434 g/mol. The fourth-order valence-corrected chi connectivity index (χ4v) is 5.34. The van der Waals surface area contributed by atoms with E-state index in [1.54, 1.807) is 38.1 Å². The average Bonchev–Trinajstić information content (AvgIpc) is 3.24. The van der Waals surface area contributed by atoms with E-state index in [0.717, 1.165) is 29.7 Å². The number of β-lactam (4-membered cyclic amide) rings is 1. The molecule has 3 aliphatic rings. The van der Waals surface area contributed by atoms with Gasteiger partial charge < -0.3 is 24.7 Å². The molecule has 2 fully saturated rings. The second-order valence-corrected chi connectivity index (χ2v) is 8.62. The zero-order valence-electron chi connectivity index (χ0n) is 17.0. The van der Waals surface area contributed by atoms with E-state index in [-0.39, 0.29) is 30.1 Å². The highest BCUT2D eigenvalue weighted by Gasteiger charge is 2.53. The number of hydrogen-bond acceptors (Lipinski definition) is 8. The number of nitrogens with two attached hydrogens (primary N) is 1. The highest BCUT2D eigenvalue weighted by molar-refractivity contribution is 8.00. The number of benzene rings is 1. The van der Waals surface area contributed by atoms with Crippen LogP contribution in [0.15, 0.2) is 35.5 Å². The minimum absolute atomic E-state index is 0.0128. The van der Waals surface area contributed by atoms with Gasteiger partial charge in [0.1, 0.15) is 29.5 Å². The maximum absolute atomic E-state index is 13.1. The lowest BCUT2D eigenvalue weighted by molar-refractivity contribution is -0.151. The Bertz CT molecular complexity index is 842. The van der Waals surface area contributed by atoms with Gasteiger partial charge in [-0.3, -0.25) is 9.69 Å². The van der Waals surface area contributed by atoms with Crippen molar-refractivity contribution in [2.45, 2.75) is 43.1 Å².